The number of nitrogens with zero attached hydrogens (tertiary/aromatic N) is 1. The monoisotopic (exact) mass is 309 g/mol. The normalized spacial score (nSPS) is 16.7. The quantitative estimate of drug-likeness (QED) is 0.838. The van der Waals surface area contributed by atoms with Crippen LogP contribution in [0.15, 0.2) is 12.3 Å². The summed E-state index contributed by atoms with van der Waals surface area (Å²) in [6.45, 7) is 5.69. The van der Waals surface area contributed by atoms with E-state index in [1.165, 1.54) is 31.9 Å². The highest BCUT2D eigenvalue weighted by molar-refractivity contribution is 6.33. The molecule has 1 aliphatic carbocycles. The van der Waals surface area contributed by atoms with Crippen molar-refractivity contribution in [2.75, 3.05) is 18.4 Å². The van der Waals surface area contributed by atoms with Gasteiger partial charge in [0.15, 0.2) is 0 Å². The molecule has 0 aliphatic heterocycles. The van der Waals surface area contributed by atoms with Crippen LogP contribution in [0.3, 0.4) is 0 Å². The zero-order chi connectivity index (χ0) is 15.3. The Bertz CT molecular complexity index is 498. The van der Waals surface area contributed by atoms with E-state index in [-0.39, 0.29) is 11.3 Å². The molecule has 4 nitrogen and oxygen atoms in total. The molecule has 5 heteroatoms. The van der Waals surface area contributed by atoms with Crippen LogP contribution in [0.25, 0.3) is 0 Å². The number of pyridine rings is 1. The molecule has 1 aromatic heterocycles. The second kappa shape index (κ2) is 7.12. The first-order chi connectivity index (χ1) is 10.1. The highest BCUT2D eigenvalue weighted by atomic mass is 35.5. The molecule has 1 aliphatic rings. The van der Waals surface area contributed by atoms with Crippen molar-refractivity contribution in [1.82, 2.24) is 10.3 Å². The molecular formula is C16H24ClN3O. The van der Waals surface area contributed by atoms with Gasteiger partial charge in [0.2, 0.25) is 0 Å². The van der Waals surface area contributed by atoms with Crippen molar-refractivity contribution in [3.8, 4) is 0 Å². The van der Waals surface area contributed by atoms with Crippen LogP contribution in [-0.4, -0.2) is 24.0 Å². The van der Waals surface area contributed by atoms with E-state index in [4.69, 9.17) is 11.6 Å². The van der Waals surface area contributed by atoms with Gasteiger partial charge in [0, 0.05) is 19.3 Å². The van der Waals surface area contributed by atoms with Crippen LogP contribution in [0.1, 0.15) is 56.3 Å². The number of carbonyl (C=O) groups excluding carboxylic acids is 1. The van der Waals surface area contributed by atoms with E-state index in [9.17, 15) is 4.79 Å². The van der Waals surface area contributed by atoms with E-state index >= 15 is 0 Å². The third kappa shape index (κ3) is 3.88. The summed E-state index contributed by atoms with van der Waals surface area (Å²) in [7, 11) is 0. The molecule has 0 aromatic carbocycles. The summed E-state index contributed by atoms with van der Waals surface area (Å²) in [5.74, 6) is 0.569. The third-order valence-corrected chi connectivity index (χ3v) is 4.80. The average molecular weight is 310 g/mol. The van der Waals surface area contributed by atoms with E-state index in [1.807, 2.05) is 6.92 Å². The highest BCUT2D eigenvalue weighted by Gasteiger charge is 2.32. The largest absolute Gasteiger partial charge is 0.370 e. The van der Waals surface area contributed by atoms with Crippen LogP contribution in [0.5, 0.6) is 0 Å². The molecule has 1 fully saturated rings. The first-order valence-electron chi connectivity index (χ1n) is 7.78. The molecule has 21 heavy (non-hydrogen) atoms. The van der Waals surface area contributed by atoms with Crippen LogP contribution in [0.4, 0.5) is 5.82 Å². The van der Waals surface area contributed by atoms with Gasteiger partial charge in [0.1, 0.15) is 5.82 Å². The number of hydrogen-bond acceptors (Lipinski definition) is 3. The molecular weight excluding hydrogens is 286 g/mol. The number of amides is 1. The van der Waals surface area contributed by atoms with E-state index < -0.39 is 0 Å². The molecule has 0 atom stereocenters. The second-order valence-electron chi connectivity index (χ2n) is 5.82. The van der Waals surface area contributed by atoms with Gasteiger partial charge in [-0.2, -0.15) is 0 Å². The Balaban J connectivity index is 2.04. The first-order valence-corrected chi connectivity index (χ1v) is 8.15. The molecule has 0 radical (unpaired) electrons. The van der Waals surface area contributed by atoms with E-state index in [0.29, 0.717) is 16.4 Å². The fraction of sp³-hybridized carbons (Fsp3) is 0.625. The maximum Gasteiger partial charge on any atom is 0.253 e. The van der Waals surface area contributed by atoms with Gasteiger partial charge in [-0.25, -0.2) is 4.98 Å². The molecule has 0 spiro atoms. The van der Waals surface area contributed by atoms with Crippen molar-refractivity contribution < 1.29 is 4.79 Å². The Labute approximate surface area is 131 Å². The molecule has 2 N–H and O–H groups in total. The van der Waals surface area contributed by atoms with Gasteiger partial charge in [0.05, 0.1) is 10.6 Å². The van der Waals surface area contributed by atoms with Crippen LogP contribution in [0.2, 0.25) is 5.02 Å². The van der Waals surface area contributed by atoms with Gasteiger partial charge in [0.25, 0.3) is 5.91 Å². The predicted octanol–water partition coefficient (Wildman–Crippen LogP) is 3.87. The molecule has 1 heterocycles. The van der Waals surface area contributed by atoms with Crippen LogP contribution >= 0.6 is 11.6 Å². The van der Waals surface area contributed by atoms with E-state index in [0.717, 1.165) is 19.5 Å². The van der Waals surface area contributed by atoms with Crippen molar-refractivity contribution in [1.29, 1.82) is 0 Å². The lowest BCUT2D eigenvalue weighted by molar-refractivity contribution is 0.0929. The standard InChI is InChI=1S/C16H24ClN3O/c1-3-16(7-5-6-8-16)11-20-15(21)12-9-14(18-4-2)19-10-13(12)17/h9-10H,3-8,11H2,1-2H3,(H,18,19)(H,20,21). The summed E-state index contributed by atoms with van der Waals surface area (Å²) < 4.78 is 0. The third-order valence-electron chi connectivity index (χ3n) is 4.50. The zero-order valence-electron chi connectivity index (χ0n) is 12.8. The van der Waals surface area contributed by atoms with Crippen molar-refractivity contribution in [2.45, 2.75) is 46.0 Å². The van der Waals surface area contributed by atoms with Crippen LogP contribution < -0.4 is 10.6 Å². The minimum atomic E-state index is -0.110. The predicted molar refractivity (Wildman–Crippen MR) is 86.9 cm³/mol. The molecule has 2 rings (SSSR count). The molecule has 0 bridgehead atoms. The maximum atomic E-state index is 12.4. The fourth-order valence-corrected chi connectivity index (χ4v) is 3.22. The van der Waals surface area contributed by atoms with Crippen molar-refractivity contribution >= 4 is 23.3 Å². The second-order valence-corrected chi connectivity index (χ2v) is 6.23. The number of anilines is 1. The molecule has 1 aromatic rings. The van der Waals surface area contributed by atoms with Gasteiger partial charge in [-0.15, -0.1) is 0 Å². The molecule has 1 saturated carbocycles. The fourth-order valence-electron chi connectivity index (χ4n) is 3.03. The van der Waals surface area contributed by atoms with Crippen molar-refractivity contribution in [3.05, 3.63) is 22.8 Å². The molecule has 116 valence electrons. The van der Waals surface area contributed by atoms with E-state index in [2.05, 4.69) is 22.5 Å². The number of halogens is 1. The summed E-state index contributed by atoms with van der Waals surface area (Å²) >= 11 is 6.10. The Morgan fingerprint density at radius 1 is 1.38 bits per heavy atom. The number of rotatable bonds is 6. The lowest BCUT2D eigenvalue weighted by atomic mass is 9.83. The van der Waals surface area contributed by atoms with Crippen LogP contribution in [-0.2, 0) is 0 Å². The Kier molecular flexibility index (Phi) is 5.45. The molecule has 1 amide bonds. The first kappa shape index (κ1) is 16.1. The maximum absolute atomic E-state index is 12.4. The lowest BCUT2D eigenvalue weighted by Gasteiger charge is -2.27. The minimum absolute atomic E-state index is 0.110. The van der Waals surface area contributed by atoms with Gasteiger partial charge in [-0.1, -0.05) is 31.4 Å². The molecule has 0 saturated heterocycles. The Morgan fingerprint density at radius 3 is 2.71 bits per heavy atom. The van der Waals surface area contributed by atoms with E-state index in [1.54, 1.807) is 6.07 Å². The SMILES string of the molecule is CCNc1cc(C(=O)NCC2(CC)CCCC2)c(Cl)cn1. The highest BCUT2D eigenvalue weighted by Crippen LogP contribution is 2.40. The molecule has 0 unspecified atom stereocenters. The lowest BCUT2D eigenvalue weighted by Crippen LogP contribution is -2.35. The zero-order valence-corrected chi connectivity index (χ0v) is 13.6. The summed E-state index contributed by atoms with van der Waals surface area (Å²) in [5, 5.41) is 6.55. The number of carbonyl (C=O) groups is 1. The van der Waals surface area contributed by atoms with Crippen LogP contribution in [0, 0.1) is 5.41 Å². The summed E-state index contributed by atoms with van der Waals surface area (Å²) in [6.07, 6.45) is 7.58. The Hall–Kier alpha value is -1.29. The summed E-state index contributed by atoms with van der Waals surface area (Å²) in [4.78, 5) is 16.5. The van der Waals surface area contributed by atoms with Crippen molar-refractivity contribution in [2.24, 2.45) is 5.41 Å². The van der Waals surface area contributed by atoms with Gasteiger partial charge in [-0.05, 0) is 37.7 Å². The topological polar surface area (TPSA) is 54.0 Å². The van der Waals surface area contributed by atoms with Gasteiger partial charge in [-0.3, -0.25) is 4.79 Å². The summed E-state index contributed by atoms with van der Waals surface area (Å²) in [6, 6.07) is 1.72. The summed E-state index contributed by atoms with van der Waals surface area (Å²) in [5.41, 5.74) is 0.770. The van der Waals surface area contributed by atoms with Crippen molar-refractivity contribution in [3.63, 3.8) is 0 Å². The number of aromatic nitrogens is 1. The van der Waals surface area contributed by atoms with Gasteiger partial charge >= 0.3 is 0 Å². The minimum Gasteiger partial charge on any atom is -0.370 e. The number of hydrogen-bond donors (Lipinski definition) is 2. The van der Waals surface area contributed by atoms with Gasteiger partial charge < -0.3 is 10.6 Å². The smallest absolute Gasteiger partial charge is 0.253 e. The Morgan fingerprint density at radius 2 is 2.10 bits per heavy atom. The number of nitrogens with one attached hydrogen (secondary N) is 2. The average Bonchev–Trinajstić information content (AvgIpc) is 2.96.